The van der Waals surface area contributed by atoms with Gasteiger partial charge in [-0.2, -0.15) is 5.26 Å². The number of anilines is 1. The molecule has 3 N–H and O–H groups in total. The van der Waals surface area contributed by atoms with Crippen LogP contribution in [0.4, 0.5) is 5.69 Å². The van der Waals surface area contributed by atoms with Crippen LogP contribution >= 0.6 is 11.3 Å². The van der Waals surface area contributed by atoms with Crippen molar-refractivity contribution < 1.29 is 9.53 Å². The average molecular weight is 287 g/mol. The van der Waals surface area contributed by atoms with Crippen LogP contribution < -0.4 is 15.8 Å². The average Bonchev–Trinajstić information content (AvgIpc) is 2.98. The van der Waals surface area contributed by atoms with E-state index in [4.69, 9.17) is 15.7 Å². The fourth-order valence-corrected chi connectivity index (χ4v) is 2.32. The van der Waals surface area contributed by atoms with E-state index in [9.17, 15) is 4.79 Å². The van der Waals surface area contributed by atoms with Crippen LogP contribution in [0.5, 0.6) is 5.75 Å². The largest absolute Gasteiger partial charge is 0.479 e. The summed E-state index contributed by atoms with van der Waals surface area (Å²) in [7, 11) is 0. The third-order valence-electron chi connectivity index (χ3n) is 2.54. The van der Waals surface area contributed by atoms with Crippen LogP contribution in [0.15, 0.2) is 41.8 Å². The van der Waals surface area contributed by atoms with E-state index in [-0.39, 0.29) is 12.5 Å². The van der Waals surface area contributed by atoms with Gasteiger partial charge in [-0.25, -0.2) is 0 Å². The predicted molar refractivity (Wildman–Crippen MR) is 77.4 cm³/mol. The number of thiophene rings is 1. The topological polar surface area (TPSA) is 88.1 Å². The zero-order valence-electron chi connectivity index (χ0n) is 10.6. The monoisotopic (exact) mass is 287 g/mol. The molecule has 1 aromatic heterocycles. The molecule has 0 saturated carbocycles. The smallest absolute Gasteiger partial charge is 0.246 e. The highest BCUT2D eigenvalue weighted by molar-refractivity contribution is 7.10. The summed E-state index contributed by atoms with van der Waals surface area (Å²) in [5.74, 6) is 0.235. The van der Waals surface area contributed by atoms with Crippen molar-refractivity contribution in [1.82, 2.24) is 0 Å². The maximum Gasteiger partial charge on any atom is 0.246 e. The van der Waals surface area contributed by atoms with Crippen molar-refractivity contribution in [2.24, 2.45) is 5.73 Å². The van der Waals surface area contributed by atoms with E-state index in [0.29, 0.717) is 11.4 Å². The molecule has 102 valence electrons. The highest BCUT2D eigenvalue weighted by atomic mass is 32.1. The zero-order chi connectivity index (χ0) is 14.4. The van der Waals surface area contributed by atoms with E-state index in [1.807, 2.05) is 23.6 Å². The molecule has 1 amide bonds. The first kappa shape index (κ1) is 14.1. The van der Waals surface area contributed by atoms with Crippen molar-refractivity contribution in [1.29, 1.82) is 5.26 Å². The van der Waals surface area contributed by atoms with Crippen LogP contribution in [-0.4, -0.2) is 12.5 Å². The Bertz CT molecular complexity index is 620. The van der Waals surface area contributed by atoms with Gasteiger partial charge in [0.2, 0.25) is 5.91 Å². The van der Waals surface area contributed by atoms with Gasteiger partial charge in [0, 0.05) is 16.6 Å². The molecule has 2 aromatic rings. The minimum atomic E-state index is -0.696. The van der Waals surface area contributed by atoms with Gasteiger partial charge in [0.15, 0.2) is 6.61 Å². The molecule has 1 unspecified atom stereocenters. The number of carbonyl (C=O) groups excluding carboxylic acids is 1. The number of ether oxygens (including phenoxy) is 1. The van der Waals surface area contributed by atoms with E-state index in [2.05, 4.69) is 5.32 Å². The summed E-state index contributed by atoms with van der Waals surface area (Å²) >= 11 is 1.44. The van der Waals surface area contributed by atoms with Crippen LogP contribution in [0.3, 0.4) is 0 Å². The molecule has 0 radical (unpaired) electrons. The Kier molecular flexibility index (Phi) is 4.71. The summed E-state index contributed by atoms with van der Waals surface area (Å²) in [5.41, 5.74) is 6.45. The highest BCUT2D eigenvalue weighted by Crippen LogP contribution is 2.21. The lowest BCUT2D eigenvalue weighted by molar-refractivity contribution is -0.117. The first-order chi connectivity index (χ1) is 9.70. The van der Waals surface area contributed by atoms with Gasteiger partial charge in [-0.1, -0.05) is 12.1 Å². The summed E-state index contributed by atoms with van der Waals surface area (Å²) in [6, 6.07) is 11.7. The van der Waals surface area contributed by atoms with Crippen LogP contribution in [0, 0.1) is 11.3 Å². The molecule has 1 aromatic carbocycles. The van der Waals surface area contributed by atoms with E-state index >= 15 is 0 Å². The van der Waals surface area contributed by atoms with Gasteiger partial charge in [-0.05, 0) is 23.6 Å². The zero-order valence-corrected chi connectivity index (χ0v) is 11.4. The van der Waals surface area contributed by atoms with Gasteiger partial charge in [0.25, 0.3) is 0 Å². The van der Waals surface area contributed by atoms with Gasteiger partial charge in [-0.3, -0.25) is 4.79 Å². The van der Waals surface area contributed by atoms with E-state index in [1.165, 1.54) is 11.3 Å². The van der Waals surface area contributed by atoms with Gasteiger partial charge < -0.3 is 15.8 Å². The number of benzene rings is 1. The van der Waals surface area contributed by atoms with Gasteiger partial charge in [0.05, 0.1) is 0 Å². The van der Waals surface area contributed by atoms with Crippen molar-refractivity contribution in [3.8, 4) is 11.8 Å². The quantitative estimate of drug-likeness (QED) is 0.883. The van der Waals surface area contributed by atoms with Crippen LogP contribution in [-0.2, 0) is 4.79 Å². The molecule has 2 rings (SSSR count). The maximum atomic E-state index is 12.0. The summed E-state index contributed by atoms with van der Waals surface area (Å²) in [5, 5.41) is 13.1. The van der Waals surface area contributed by atoms with Crippen molar-refractivity contribution in [3.63, 3.8) is 0 Å². The standard InChI is InChI=1S/C14H13N3O2S/c15-6-7-19-11-4-1-3-10(9-11)17-14(18)13(16)12-5-2-8-20-12/h1-5,8-9,13H,7,16H2,(H,17,18). The van der Waals surface area contributed by atoms with Crippen molar-refractivity contribution in [2.75, 3.05) is 11.9 Å². The van der Waals surface area contributed by atoms with Gasteiger partial charge >= 0.3 is 0 Å². The molecule has 0 aliphatic heterocycles. The number of carbonyl (C=O) groups is 1. The third-order valence-corrected chi connectivity index (χ3v) is 3.49. The third kappa shape index (κ3) is 3.57. The molecule has 6 heteroatoms. The second-order valence-electron chi connectivity index (χ2n) is 3.96. The predicted octanol–water partition coefficient (Wildman–Crippen LogP) is 2.29. The number of hydrogen-bond acceptors (Lipinski definition) is 5. The van der Waals surface area contributed by atoms with E-state index < -0.39 is 6.04 Å². The first-order valence-electron chi connectivity index (χ1n) is 5.90. The molecule has 5 nitrogen and oxygen atoms in total. The Labute approximate surface area is 120 Å². The number of rotatable bonds is 5. The lowest BCUT2D eigenvalue weighted by Gasteiger charge is -2.11. The van der Waals surface area contributed by atoms with E-state index in [1.54, 1.807) is 24.3 Å². The van der Waals surface area contributed by atoms with Crippen molar-refractivity contribution >= 4 is 22.9 Å². The number of amides is 1. The minimum Gasteiger partial charge on any atom is -0.479 e. The van der Waals surface area contributed by atoms with Crippen molar-refractivity contribution in [2.45, 2.75) is 6.04 Å². The summed E-state index contributed by atoms with van der Waals surface area (Å²) in [6.07, 6.45) is 0. The number of hydrogen-bond donors (Lipinski definition) is 2. The molecule has 0 fully saturated rings. The second-order valence-corrected chi connectivity index (χ2v) is 4.94. The summed E-state index contributed by atoms with van der Waals surface area (Å²) in [6.45, 7) is -0.0356. The van der Waals surface area contributed by atoms with Crippen LogP contribution in [0.2, 0.25) is 0 Å². The lowest BCUT2D eigenvalue weighted by atomic mass is 10.2. The SMILES string of the molecule is N#CCOc1cccc(NC(=O)C(N)c2cccs2)c1. The first-order valence-corrected chi connectivity index (χ1v) is 6.78. The molecule has 0 aliphatic rings. The van der Waals surface area contributed by atoms with E-state index in [0.717, 1.165) is 4.88 Å². The lowest BCUT2D eigenvalue weighted by Crippen LogP contribution is -2.26. The summed E-state index contributed by atoms with van der Waals surface area (Å²) in [4.78, 5) is 12.8. The fourth-order valence-electron chi connectivity index (χ4n) is 1.60. The Morgan fingerprint density at radius 3 is 3.00 bits per heavy atom. The molecule has 20 heavy (non-hydrogen) atoms. The van der Waals surface area contributed by atoms with Crippen molar-refractivity contribution in [3.05, 3.63) is 46.7 Å². The Balaban J connectivity index is 2.02. The number of nitrogens with zero attached hydrogens (tertiary/aromatic N) is 1. The molecule has 0 aliphatic carbocycles. The minimum absolute atomic E-state index is 0.0356. The number of nitrogens with one attached hydrogen (secondary N) is 1. The second kappa shape index (κ2) is 6.70. The maximum absolute atomic E-state index is 12.0. The van der Waals surface area contributed by atoms with Crippen LogP contribution in [0.1, 0.15) is 10.9 Å². The van der Waals surface area contributed by atoms with Crippen LogP contribution in [0.25, 0.3) is 0 Å². The molecule has 1 atom stereocenters. The number of nitriles is 1. The Hall–Kier alpha value is -2.36. The normalized spacial score (nSPS) is 11.4. The molecular formula is C14H13N3O2S. The number of nitrogens with two attached hydrogens (primary N) is 1. The molecule has 0 spiro atoms. The Morgan fingerprint density at radius 1 is 1.45 bits per heavy atom. The molecule has 1 heterocycles. The summed E-state index contributed by atoms with van der Waals surface area (Å²) < 4.78 is 5.17. The van der Waals surface area contributed by atoms with Gasteiger partial charge in [-0.15, -0.1) is 11.3 Å². The van der Waals surface area contributed by atoms with Gasteiger partial charge in [0.1, 0.15) is 17.9 Å². The Morgan fingerprint density at radius 2 is 2.30 bits per heavy atom. The molecule has 0 bridgehead atoms. The molecule has 0 saturated heterocycles. The highest BCUT2D eigenvalue weighted by Gasteiger charge is 2.16. The molecular weight excluding hydrogens is 274 g/mol. The fraction of sp³-hybridized carbons (Fsp3) is 0.143.